The van der Waals surface area contributed by atoms with Gasteiger partial charge in [-0.05, 0) is 116 Å². The predicted molar refractivity (Wildman–Crippen MR) is 216 cm³/mol. The molecule has 2 aromatic carbocycles. The van der Waals surface area contributed by atoms with Gasteiger partial charge in [0.25, 0.3) is 0 Å². The summed E-state index contributed by atoms with van der Waals surface area (Å²) in [5.74, 6) is -19.4. The predicted octanol–water partition coefficient (Wildman–Crippen LogP) is 12.5. The smallest absolute Gasteiger partial charge is 0.460 e. The lowest BCUT2D eigenvalue weighted by atomic mass is 9.52. The average Bonchev–Trinajstić information content (AvgIpc) is 3.66. The zero-order valence-corrected chi connectivity index (χ0v) is 36.0. The highest BCUT2D eigenvalue weighted by Gasteiger charge is 2.81. The second kappa shape index (κ2) is 18.5. The van der Waals surface area contributed by atoms with Crippen LogP contribution >= 0.6 is 0 Å². The van der Waals surface area contributed by atoms with Gasteiger partial charge in [0.2, 0.25) is 5.91 Å². The van der Waals surface area contributed by atoms with Crippen LogP contribution < -0.4 is 4.74 Å². The van der Waals surface area contributed by atoms with E-state index in [1.165, 1.54) is 23.1 Å². The second-order valence-corrected chi connectivity index (χ2v) is 18.8. The van der Waals surface area contributed by atoms with Gasteiger partial charge < -0.3 is 14.7 Å². The number of ether oxygens (including phenoxy) is 1. The maximum atomic E-state index is 14.8. The number of imide groups is 1. The lowest BCUT2D eigenvalue weighted by molar-refractivity contribution is -0.396. The standard InChI is InChI=1S/C47H61F9N2O4/c1-29-40(30-15-13-10-14-16-30)58(42(61)57(29)3)41(60)31(23-26-44(48,49)45(50,51)46(52,53)47(54,55)56)17-11-8-6-5-7-9-12-18-32-27-33-28-34(62-4)19-20-35(33)36-24-25-43(2)37(39(32)36)21-22-38(43)59/h10,13-16,19-20,28-29,31-32,36-40,59H,5-9,11-12,17-18,21-27H2,1-4H3/t29-,31+,32?,36?,37?,38?,39?,40-,43-/m0/s1. The van der Waals surface area contributed by atoms with E-state index in [1.54, 1.807) is 44.4 Å². The molecular weight excluding hydrogens is 828 g/mol. The number of methoxy groups -OCH3 is 1. The number of hydrogen-bond donors (Lipinski definition) is 1. The number of unbranched alkanes of at least 4 members (excludes halogenated alkanes) is 6. The number of fused-ring (bicyclic) bond motifs is 5. The van der Waals surface area contributed by atoms with E-state index >= 15 is 0 Å². The summed E-state index contributed by atoms with van der Waals surface area (Å²) in [4.78, 5) is 29.6. The number of aliphatic hydroxyl groups is 1. The number of amides is 3. The fourth-order valence-corrected chi connectivity index (χ4v) is 11.5. The lowest BCUT2D eigenvalue weighted by Gasteiger charge is -2.53. The van der Waals surface area contributed by atoms with Crippen LogP contribution in [0.4, 0.5) is 44.3 Å². The number of likely N-dealkylation sites (N-methyl/N-ethyl adjacent to an activating group) is 1. The fraction of sp³-hybridized carbons (Fsp3) is 0.702. The summed E-state index contributed by atoms with van der Waals surface area (Å²) >= 11 is 0. The first-order valence-electron chi connectivity index (χ1n) is 22.3. The summed E-state index contributed by atoms with van der Waals surface area (Å²) in [6.07, 6.45) is 0.484. The largest absolute Gasteiger partial charge is 0.497 e. The number of urea groups is 1. The zero-order valence-electron chi connectivity index (χ0n) is 36.0. The molecule has 0 radical (unpaired) electrons. The molecule has 1 heterocycles. The van der Waals surface area contributed by atoms with E-state index in [1.807, 2.05) is 6.07 Å². The Morgan fingerprint density at radius 3 is 2.16 bits per heavy atom. The SMILES string of the molecule is COc1ccc2c(c1)CC(CCCCCCCCC[C@H](CCC(F)(F)C(F)(F)C(F)(F)C(F)(F)F)C(=O)N1C(=O)N(C)[C@@H](C)[C@H]1c1ccccc1)C1C2CC[C@]2(C)C(O)CCC12. The van der Waals surface area contributed by atoms with E-state index in [4.69, 9.17) is 4.74 Å². The lowest BCUT2D eigenvalue weighted by Crippen LogP contribution is -2.60. The molecule has 6 rings (SSSR count). The van der Waals surface area contributed by atoms with Gasteiger partial charge in [-0.2, -0.15) is 39.5 Å². The average molecular weight is 889 g/mol. The van der Waals surface area contributed by atoms with Crippen molar-refractivity contribution in [2.24, 2.45) is 29.1 Å². The van der Waals surface area contributed by atoms with Crippen LogP contribution in [0, 0.1) is 29.1 Å². The zero-order chi connectivity index (χ0) is 45.4. The van der Waals surface area contributed by atoms with Gasteiger partial charge in [0.15, 0.2) is 0 Å². The van der Waals surface area contributed by atoms with Gasteiger partial charge in [0.05, 0.1) is 25.3 Å². The minimum Gasteiger partial charge on any atom is -0.497 e. The molecule has 4 aliphatic rings. The summed E-state index contributed by atoms with van der Waals surface area (Å²) in [5, 5.41) is 11.0. The Bertz CT molecular complexity index is 1860. The molecule has 9 atom stereocenters. The molecule has 2 saturated carbocycles. The molecular formula is C47H61F9N2O4. The summed E-state index contributed by atoms with van der Waals surface area (Å²) in [7, 11) is 3.11. The van der Waals surface area contributed by atoms with E-state index < -0.39 is 66.7 Å². The number of hydrogen-bond acceptors (Lipinski definition) is 4. The molecule has 1 N–H and O–H groups in total. The number of nitrogens with zero attached hydrogens (tertiary/aromatic N) is 2. The van der Waals surface area contributed by atoms with Crippen LogP contribution in [0.25, 0.3) is 0 Å². The number of carbonyl (C=O) groups is 2. The number of halogens is 9. The monoisotopic (exact) mass is 888 g/mol. The van der Waals surface area contributed by atoms with Crippen molar-refractivity contribution in [2.75, 3.05) is 14.2 Å². The normalized spacial score (nSPS) is 28.4. The van der Waals surface area contributed by atoms with Crippen LogP contribution in [0.1, 0.15) is 139 Å². The topological polar surface area (TPSA) is 70.1 Å². The van der Waals surface area contributed by atoms with Crippen molar-refractivity contribution in [2.45, 2.75) is 165 Å². The highest BCUT2D eigenvalue weighted by Crippen LogP contribution is 2.63. The Labute approximate surface area is 358 Å². The van der Waals surface area contributed by atoms with Crippen LogP contribution in [-0.4, -0.2) is 77.1 Å². The Morgan fingerprint density at radius 1 is 0.871 bits per heavy atom. The maximum Gasteiger partial charge on any atom is 0.460 e. The number of alkyl halides is 9. The van der Waals surface area contributed by atoms with Crippen molar-refractivity contribution >= 4 is 11.9 Å². The van der Waals surface area contributed by atoms with Crippen LogP contribution in [0.5, 0.6) is 5.75 Å². The first kappa shape index (κ1) is 48.0. The van der Waals surface area contributed by atoms with Crippen LogP contribution in [0.2, 0.25) is 0 Å². The van der Waals surface area contributed by atoms with Crippen molar-refractivity contribution in [3.8, 4) is 5.75 Å². The second-order valence-electron chi connectivity index (χ2n) is 18.8. The third-order valence-corrected chi connectivity index (χ3v) is 15.3. The van der Waals surface area contributed by atoms with Crippen molar-refractivity contribution in [1.82, 2.24) is 9.80 Å². The summed E-state index contributed by atoms with van der Waals surface area (Å²) < 4.78 is 130. The molecule has 3 fully saturated rings. The minimum absolute atomic E-state index is 0.0663. The van der Waals surface area contributed by atoms with Gasteiger partial charge in [-0.15, -0.1) is 0 Å². The number of benzene rings is 2. The highest BCUT2D eigenvalue weighted by atomic mass is 19.4. The Kier molecular flexibility index (Phi) is 14.4. The van der Waals surface area contributed by atoms with Gasteiger partial charge >= 0.3 is 30.0 Å². The van der Waals surface area contributed by atoms with Gasteiger partial charge in [0, 0.05) is 19.4 Å². The number of aliphatic hydroxyl groups excluding tert-OH is 1. The van der Waals surface area contributed by atoms with E-state index in [0.717, 1.165) is 74.9 Å². The summed E-state index contributed by atoms with van der Waals surface area (Å²) in [6.45, 7) is 3.94. The van der Waals surface area contributed by atoms with Crippen molar-refractivity contribution in [3.63, 3.8) is 0 Å². The number of carbonyl (C=O) groups excluding carboxylic acids is 2. The Morgan fingerprint density at radius 2 is 1.52 bits per heavy atom. The van der Waals surface area contributed by atoms with Crippen molar-refractivity contribution in [1.29, 1.82) is 0 Å². The number of rotatable bonds is 18. The van der Waals surface area contributed by atoms with Crippen molar-refractivity contribution in [3.05, 3.63) is 65.2 Å². The quantitative estimate of drug-likeness (QED) is 0.120. The Hall–Kier alpha value is -3.49. The molecule has 3 aliphatic carbocycles. The van der Waals surface area contributed by atoms with E-state index in [-0.39, 0.29) is 24.4 Å². The third-order valence-electron chi connectivity index (χ3n) is 15.3. The molecule has 5 unspecified atom stereocenters. The summed E-state index contributed by atoms with van der Waals surface area (Å²) in [6, 6.07) is 12.6. The van der Waals surface area contributed by atoms with E-state index in [0.29, 0.717) is 42.1 Å². The molecule has 346 valence electrons. The molecule has 6 nitrogen and oxygen atoms in total. The first-order valence-corrected chi connectivity index (χ1v) is 22.3. The van der Waals surface area contributed by atoms with E-state index in [2.05, 4.69) is 19.1 Å². The summed E-state index contributed by atoms with van der Waals surface area (Å²) in [5.41, 5.74) is 3.23. The van der Waals surface area contributed by atoms with Crippen LogP contribution in [0.3, 0.4) is 0 Å². The molecule has 0 aromatic heterocycles. The molecule has 0 spiro atoms. The van der Waals surface area contributed by atoms with Gasteiger partial charge in [-0.3, -0.25) is 9.69 Å². The maximum absolute atomic E-state index is 14.8. The third kappa shape index (κ3) is 8.95. The molecule has 1 aliphatic heterocycles. The molecule has 2 aromatic rings. The molecule has 15 heteroatoms. The first-order chi connectivity index (χ1) is 29.1. The van der Waals surface area contributed by atoms with Crippen molar-refractivity contribution < 1.29 is 58.9 Å². The Balaban J connectivity index is 1.06. The highest BCUT2D eigenvalue weighted by molar-refractivity contribution is 5.98. The van der Waals surface area contributed by atoms with Crippen LogP contribution in [0.15, 0.2) is 48.5 Å². The molecule has 0 bridgehead atoms. The minimum atomic E-state index is -7.03. The fourth-order valence-electron chi connectivity index (χ4n) is 11.5. The molecule has 3 amide bonds. The van der Waals surface area contributed by atoms with Gasteiger partial charge in [0.1, 0.15) is 5.75 Å². The molecule has 62 heavy (non-hydrogen) atoms. The van der Waals surface area contributed by atoms with Gasteiger partial charge in [-0.1, -0.05) is 88.3 Å². The van der Waals surface area contributed by atoms with E-state index in [9.17, 15) is 54.2 Å². The van der Waals surface area contributed by atoms with Gasteiger partial charge in [-0.25, -0.2) is 4.79 Å². The molecule has 1 saturated heterocycles. The van der Waals surface area contributed by atoms with Crippen LogP contribution in [-0.2, 0) is 11.2 Å².